The van der Waals surface area contributed by atoms with Crippen LogP contribution in [0.3, 0.4) is 0 Å². The zero-order valence-electron chi connectivity index (χ0n) is 16.1. The molecule has 8 nitrogen and oxygen atoms in total. The first kappa shape index (κ1) is 18.9. The van der Waals surface area contributed by atoms with Gasteiger partial charge in [0.2, 0.25) is 0 Å². The van der Waals surface area contributed by atoms with Gasteiger partial charge < -0.3 is 19.1 Å². The summed E-state index contributed by atoms with van der Waals surface area (Å²) in [6.45, 7) is 1.48. The number of para-hydroxylation sites is 1. The second-order valence-electron chi connectivity index (χ2n) is 7.12. The van der Waals surface area contributed by atoms with E-state index in [0.717, 1.165) is 12.7 Å². The Balaban J connectivity index is 2.03. The average Bonchev–Trinajstić information content (AvgIpc) is 3.03. The van der Waals surface area contributed by atoms with E-state index in [4.69, 9.17) is 14.2 Å². The van der Waals surface area contributed by atoms with E-state index in [-0.39, 0.29) is 5.76 Å². The number of benzene rings is 1. The van der Waals surface area contributed by atoms with Gasteiger partial charge in [-0.15, -0.1) is 0 Å². The Morgan fingerprint density at radius 2 is 1.79 bits per heavy atom. The molecule has 150 valence electrons. The lowest BCUT2D eigenvalue weighted by Crippen LogP contribution is -2.56. The van der Waals surface area contributed by atoms with Gasteiger partial charge in [-0.1, -0.05) is 30.4 Å². The first-order valence-corrected chi connectivity index (χ1v) is 9.04. The topological polar surface area (TPSA) is 99.2 Å². The number of rotatable bonds is 2. The highest BCUT2D eigenvalue weighted by Gasteiger charge is 2.73. The van der Waals surface area contributed by atoms with Gasteiger partial charge in [0.25, 0.3) is 0 Å². The van der Waals surface area contributed by atoms with E-state index in [0.29, 0.717) is 5.69 Å². The van der Waals surface area contributed by atoms with Crippen LogP contribution in [0.4, 0.5) is 5.69 Å². The third kappa shape index (κ3) is 2.38. The minimum atomic E-state index is -1.96. The lowest BCUT2D eigenvalue weighted by molar-refractivity contribution is -0.170. The standard InChI is InChI=1S/C21H19NO7/c1-11-10-15(23)21(20(26)29-11)14-9-8-12-6-4-5-7-13(12)22(14)17(19(25)28-3)16(21)18(24)27-2/h4-10,14,16-17H,1-3H3. The summed E-state index contributed by atoms with van der Waals surface area (Å²) in [5.41, 5.74) is -0.579. The molecule has 0 amide bonds. The van der Waals surface area contributed by atoms with Gasteiger partial charge in [0.1, 0.15) is 17.7 Å². The number of hydrogen-bond donors (Lipinski definition) is 0. The zero-order valence-corrected chi connectivity index (χ0v) is 16.1. The Morgan fingerprint density at radius 1 is 1.10 bits per heavy atom. The molecule has 4 unspecified atom stereocenters. The van der Waals surface area contributed by atoms with Gasteiger partial charge in [-0.05, 0) is 18.6 Å². The summed E-state index contributed by atoms with van der Waals surface area (Å²) < 4.78 is 15.2. The molecule has 1 aromatic carbocycles. The van der Waals surface area contributed by atoms with Crippen molar-refractivity contribution in [3.63, 3.8) is 0 Å². The number of carbonyl (C=O) groups excluding carboxylic acids is 4. The third-order valence-corrected chi connectivity index (χ3v) is 5.78. The second kappa shape index (κ2) is 6.58. The highest BCUT2D eigenvalue weighted by atomic mass is 16.5. The monoisotopic (exact) mass is 397 g/mol. The predicted octanol–water partition coefficient (Wildman–Crippen LogP) is 1.25. The van der Waals surface area contributed by atoms with Gasteiger partial charge in [-0.25, -0.2) is 4.79 Å². The third-order valence-electron chi connectivity index (χ3n) is 5.78. The molecule has 8 heteroatoms. The number of cyclic esters (lactones) is 1. The molecule has 1 saturated heterocycles. The molecule has 0 radical (unpaired) electrons. The van der Waals surface area contributed by atoms with Crippen LogP contribution in [-0.4, -0.2) is 50.0 Å². The lowest BCUT2D eigenvalue weighted by Gasteiger charge is -2.38. The minimum Gasteiger partial charge on any atom is -0.469 e. The van der Waals surface area contributed by atoms with Crippen molar-refractivity contribution in [3.8, 4) is 0 Å². The number of methoxy groups -OCH3 is 2. The Bertz CT molecular complexity index is 994. The zero-order chi connectivity index (χ0) is 20.9. The summed E-state index contributed by atoms with van der Waals surface area (Å²) in [5, 5.41) is 0. The molecule has 4 atom stereocenters. The molecule has 1 fully saturated rings. The maximum Gasteiger partial charge on any atom is 0.329 e. The largest absolute Gasteiger partial charge is 0.469 e. The van der Waals surface area contributed by atoms with Crippen LogP contribution in [0.15, 0.2) is 42.2 Å². The first-order valence-electron chi connectivity index (χ1n) is 9.04. The molecule has 0 N–H and O–H groups in total. The van der Waals surface area contributed by atoms with Crippen molar-refractivity contribution in [1.82, 2.24) is 0 Å². The van der Waals surface area contributed by atoms with Crippen LogP contribution in [0.2, 0.25) is 0 Å². The summed E-state index contributed by atoms with van der Waals surface area (Å²) in [7, 11) is 2.33. The van der Waals surface area contributed by atoms with Crippen LogP contribution in [-0.2, 0) is 33.4 Å². The number of nitrogens with zero attached hydrogens (tertiary/aromatic N) is 1. The van der Waals surface area contributed by atoms with Gasteiger partial charge in [-0.3, -0.25) is 14.4 Å². The number of anilines is 1. The van der Waals surface area contributed by atoms with Gasteiger partial charge in [0.05, 0.1) is 20.3 Å². The normalized spacial score (nSPS) is 29.7. The molecule has 3 heterocycles. The lowest BCUT2D eigenvalue weighted by atomic mass is 9.66. The fourth-order valence-corrected chi connectivity index (χ4v) is 4.61. The number of carbonyl (C=O) groups is 4. The van der Waals surface area contributed by atoms with Crippen LogP contribution in [0, 0.1) is 11.3 Å². The Morgan fingerprint density at radius 3 is 2.45 bits per heavy atom. The summed E-state index contributed by atoms with van der Waals surface area (Å²) in [6, 6.07) is 5.02. The molecular formula is C21H19NO7. The van der Waals surface area contributed by atoms with Crippen molar-refractivity contribution in [2.75, 3.05) is 19.1 Å². The van der Waals surface area contributed by atoms with Crippen molar-refractivity contribution < 1.29 is 33.4 Å². The Hall–Kier alpha value is -3.42. The van der Waals surface area contributed by atoms with Gasteiger partial charge in [0.15, 0.2) is 11.2 Å². The molecule has 0 bridgehead atoms. The van der Waals surface area contributed by atoms with Crippen LogP contribution in [0.1, 0.15) is 12.5 Å². The Kier molecular flexibility index (Phi) is 4.29. The van der Waals surface area contributed by atoms with E-state index < -0.39 is 47.1 Å². The number of hydrogen-bond acceptors (Lipinski definition) is 8. The van der Waals surface area contributed by atoms with E-state index in [2.05, 4.69) is 0 Å². The fraction of sp³-hybridized carbons (Fsp3) is 0.333. The number of allylic oxidation sites excluding steroid dienone is 2. The molecule has 0 saturated carbocycles. The van der Waals surface area contributed by atoms with Crippen LogP contribution < -0.4 is 4.90 Å². The maximum atomic E-state index is 13.3. The summed E-state index contributed by atoms with van der Waals surface area (Å²) in [5.74, 6) is -4.42. The molecule has 1 aromatic rings. The molecule has 3 aliphatic rings. The van der Waals surface area contributed by atoms with Crippen molar-refractivity contribution in [3.05, 3.63) is 47.7 Å². The fourth-order valence-electron chi connectivity index (χ4n) is 4.61. The Labute approximate surface area is 166 Å². The molecule has 29 heavy (non-hydrogen) atoms. The smallest absolute Gasteiger partial charge is 0.329 e. The summed E-state index contributed by atoms with van der Waals surface area (Å²) >= 11 is 0. The van der Waals surface area contributed by atoms with Gasteiger partial charge in [-0.2, -0.15) is 0 Å². The van der Waals surface area contributed by atoms with E-state index in [1.165, 1.54) is 20.1 Å². The molecule has 0 aliphatic carbocycles. The second-order valence-corrected chi connectivity index (χ2v) is 7.12. The SMILES string of the molecule is COC(=O)C1C(C(=O)OC)C2(C(=O)C=C(C)OC2=O)C2C=Cc3ccccc3N12. The molecule has 3 aliphatic heterocycles. The van der Waals surface area contributed by atoms with E-state index in [1.807, 2.05) is 12.1 Å². The minimum absolute atomic E-state index is 0.127. The van der Waals surface area contributed by atoms with Crippen molar-refractivity contribution in [1.29, 1.82) is 0 Å². The number of ether oxygens (including phenoxy) is 3. The molecule has 1 spiro atoms. The van der Waals surface area contributed by atoms with E-state index in [1.54, 1.807) is 29.2 Å². The molecule has 4 rings (SSSR count). The van der Waals surface area contributed by atoms with Crippen molar-refractivity contribution >= 4 is 35.5 Å². The van der Waals surface area contributed by atoms with Crippen molar-refractivity contribution in [2.45, 2.75) is 19.0 Å². The average molecular weight is 397 g/mol. The van der Waals surface area contributed by atoms with E-state index in [9.17, 15) is 19.2 Å². The summed E-state index contributed by atoms with van der Waals surface area (Å²) in [6.07, 6.45) is 4.59. The van der Waals surface area contributed by atoms with E-state index >= 15 is 0 Å². The van der Waals surface area contributed by atoms with Gasteiger partial charge in [0, 0.05) is 11.8 Å². The first-order chi connectivity index (χ1) is 13.9. The highest BCUT2D eigenvalue weighted by molar-refractivity contribution is 6.18. The highest BCUT2D eigenvalue weighted by Crippen LogP contribution is 2.54. The number of esters is 3. The van der Waals surface area contributed by atoms with Crippen LogP contribution in [0.25, 0.3) is 6.08 Å². The van der Waals surface area contributed by atoms with Crippen LogP contribution in [0.5, 0.6) is 0 Å². The maximum absolute atomic E-state index is 13.3. The van der Waals surface area contributed by atoms with Crippen molar-refractivity contribution in [2.24, 2.45) is 11.3 Å². The number of ketones is 1. The predicted molar refractivity (Wildman–Crippen MR) is 100 cm³/mol. The summed E-state index contributed by atoms with van der Waals surface area (Å²) in [4.78, 5) is 53.8. The quantitative estimate of drug-likeness (QED) is 0.418. The van der Waals surface area contributed by atoms with Gasteiger partial charge >= 0.3 is 17.9 Å². The number of fused-ring (bicyclic) bond motifs is 4. The molecule has 0 aromatic heterocycles. The van der Waals surface area contributed by atoms with Crippen LogP contribution >= 0.6 is 0 Å². The molecular weight excluding hydrogens is 378 g/mol.